The van der Waals surface area contributed by atoms with Crippen LogP contribution in [-0.4, -0.2) is 5.78 Å². The van der Waals surface area contributed by atoms with Crippen molar-refractivity contribution in [2.45, 2.75) is 19.3 Å². The highest BCUT2D eigenvalue weighted by Crippen LogP contribution is 2.02. The van der Waals surface area contributed by atoms with Crippen LogP contribution in [0.5, 0.6) is 0 Å². The van der Waals surface area contributed by atoms with Crippen molar-refractivity contribution >= 4 is 5.78 Å². The van der Waals surface area contributed by atoms with Gasteiger partial charge in [-0.2, -0.15) is 0 Å². The molecule has 1 rings (SSSR count). The number of ketones is 1. The highest BCUT2D eigenvalue weighted by atomic mass is 16.1. The largest absolute Gasteiger partial charge is 0.299 e. The second kappa shape index (κ2) is 1.92. The Morgan fingerprint density at radius 1 is 1.71 bits per heavy atom. The van der Waals surface area contributed by atoms with Crippen LogP contribution in [-0.2, 0) is 4.79 Å². The third-order valence-electron chi connectivity index (χ3n) is 1.02. The molecule has 1 aliphatic carbocycles. The number of allylic oxidation sites excluding steroid dienone is 2. The molecule has 1 radical (unpaired) electrons. The quantitative estimate of drug-likeness (QED) is 0.440. The van der Waals surface area contributed by atoms with Gasteiger partial charge in [0.15, 0.2) is 0 Å². The summed E-state index contributed by atoms with van der Waals surface area (Å²) >= 11 is 0. The van der Waals surface area contributed by atoms with Crippen LogP contribution in [0.1, 0.15) is 19.3 Å². The summed E-state index contributed by atoms with van der Waals surface area (Å²) in [6.45, 7) is 0. The lowest BCUT2D eigenvalue weighted by atomic mass is 10.1. The van der Waals surface area contributed by atoms with E-state index in [-0.39, 0.29) is 0 Å². The molecule has 0 saturated carbocycles. The minimum Gasteiger partial charge on any atom is -0.299 e. The van der Waals surface area contributed by atoms with Crippen LogP contribution in [0, 0.1) is 6.08 Å². The summed E-state index contributed by atoms with van der Waals surface area (Å²) in [5.74, 6) is 0.346. The molecule has 1 nitrogen and oxygen atoms in total. The standard InChI is InChI=1S/C6H7O/c7-6-4-2-1-3-5-6/h2H,3-5H2. The molecule has 0 amide bonds. The fourth-order valence-electron chi connectivity index (χ4n) is 0.602. The Morgan fingerprint density at radius 3 is 2.86 bits per heavy atom. The van der Waals surface area contributed by atoms with Crippen molar-refractivity contribution in [1.82, 2.24) is 0 Å². The highest BCUT2D eigenvalue weighted by molar-refractivity contribution is 5.80. The molecular weight excluding hydrogens is 88.1 g/mol. The van der Waals surface area contributed by atoms with Gasteiger partial charge in [-0.05, 0) is 12.5 Å². The van der Waals surface area contributed by atoms with Gasteiger partial charge in [-0.3, -0.25) is 4.79 Å². The molecule has 0 saturated heterocycles. The normalized spacial score (nSPS) is 20.3. The van der Waals surface area contributed by atoms with E-state index in [0.717, 1.165) is 6.42 Å². The second-order valence-electron chi connectivity index (χ2n) is 1.65. The van der Waals surface area contributed by atoms with Crippen LogP contribution in [0.2, 0.25) is 0 Å². The summed E-state index contributed by atoms with van der Waals surface area (Å²) in [7, 11) is 0. The van der Waals surface area contributed by atoms with Gasteiger partial charge in [0, 0.05) is 12.8 Å². The molecule has 37 valence electrons. The van der Waals surface area contributed by atoms with Gasteiger partial charge in [0.25, 0.3) is 0 Å². The average molecular weight is 95.1 g/mol. The van der Waals surface area contributed by atoms with E-state index in [1.807, 2.05) is 6.08 Å². The minimum absolute atomic E-state index is 0.346. The van der Waals surface area contributed by atoms with Crippen LogP contribution < -0.4 is 0 Å². The highest BCUT2D eigenvalue weighted by Gasteiger charge is 2.00. The van der Waals surface area contributed by atoms with Crippen molar-refractivity contribution in [2.24, 2.45) is 0 Å². The van der Waals surface area contributed by atoms with Crippen LogP contribution in [0.3, 0.4) is 0 Å². The summed E-state index contributed by atoms with van der Waals surface area (Å²) in [6, 6.07) is 0. The first-order valence-electron chi connectivity index (χ1n) is 2.46. The summed E-state index contributed by atoms with van der Waals surface area (Å²) < 4.78 is 0. The number of carbonyl (C=O) groups excluding carboxylic acids is 1. The number of Topliss-reactive ketones (excluding diaryl/α,β-unsaturated/α-hetero) is 1. The van der Waals surface area contributed by atoms with E-state index >= 15 is 0 Å². The molecule has 0 atom stereocenters. The number of carbonyl (C=O) groups is 1. The molecule has 0 aliphatic heterocycles. The zero-order valence-corrected chi connectivity index (χ0v) is 4.11. The van der Waals surface area contributed by atoms with Crippen molar-refractivity contribution in [3.05, 3.63) is 12.2 Å². The van der Waals surface area contributed by atoms with Crippen LogP contribution >= 0.6 is 0 Å². The van der Waals surface area contributed by atoms with E-state index in [4.69, 9.17) is 0 Å². The van der Waals surface area contributed by atoms with Crippen molar-refractivity contribution < 1.29 is 4.79 Å². The van der Waals surface area contributed by atoms with Crippen LogP contribution in [0.4, 0.5) is 0 Å². The minimum atomic E-state index is 0.346. The molecule has 1 heteroatoms. The third kappa shape index (κ3) is 1.15. The van der Waals surface area contributed by atoms with Gasteiger partial charge in [-0.25, -0.2) is 0 Å². The maximum absolute atomic E-state index is 10.4. The van der Waals surface area contributed by atoms with E-state index in [0.29, 0.717) is 18.6 Å². The molecule has 0 heterocycles. The SMILES string of the molecule is O=C1CC=[C]CC1. The summed E-state index contributed by atoms with van der Waals surface area (Å²) in [4.78, 5) is 10.4. The fraction of sp³-hybridized carbons (Fsp3) is 0.500. The first-order valence-corrected chi connectivity index (χ1v) is 2.46. The Kier molecular flexibility index (Phi) is 1.25. The van der Waals surface area contributed by atoms with Crippen molar-refractivity contribution in [3.63, 3.8) is 0 Å². The average Bonchev–Trinajstić information content (AvgIpc) is 1.69. The van der Waals surface area contributed by atoms with Gasteiger partial charge in [0.05, 0.1) is 0 Å². The zero-order valence-electron chi connectivity index (χ0n) is 4.11. The zero-order chi connectivity index (χ0) is 5.11. The van der Waals surface area contributed by atoms with Gasteiger partial charge in [-0.15, -0.1) is 0 Å². The molecule has 0 N–H and O–H groups in total. The van der Waals surface area contributed by atoms with E-state index in [2.05, 4.69) is 6.08 Å². The van der Waals surface area contributed by atoms with Crippen LogP contribution in [0.25, 0.3) is 0 Å². The smallest absolute Gasteiger partial charge is 0.137 e. The molecular formula is C6H7O. The number of hydrogen-bond acceptors (Lipinski definition) is 1. The predicted octanol–water partition coefficient (Wildman–Crippen LogP) is 1.10. The molecule has 0 spiro atoms. The maximum Gasteiger partial charge on any atom is 0.137 e. The van der Waals surface area contributed by atoms with Crippen molar-refractivity contribution in [3.8, 4) is 0 Å². The first kappa shape index (κ1) is 4.57. The van der Waals surface area contributed by atoms with Crippen molar-refractivity contribution in [2.75, 3.05) is 0 Å². The summed E-state index contributed by atoms with van der Waals surface area (Å²) in [5, 5.41) is 0. The molecule has 7 heavy (non-hydrogen) atoms. The van der Waals surface area contributed by atoms with Gasteiger partial charge in [0.1, 0.15) is 5.78 Å². The van der Waals surface area contributed by atoms with E-state index in [9.17, 15) is 4.79 Å². The summed E-state index contributed by atoms with van der Waals surface area (Å²) in [5.41, 5.74) is 0. The molecule has 0 fully saturated rings. The lowest BCUT2D eigenvalue weighted by molar-refractivity contribution is -0.118. The van der Waals surface area contributed by atoms with Gasteiger partial charge in [-0.1, -0.05) is 6.08 Å². The van der Waals surface area contributed by atoms with E-state index < -0.39 is 0 Å². The molecule has 0 aromatic rings. The Morgan fingerprint density at radius 2 is 2.57 bits per heavy atom. The Hall–Kier alpha value is -0.590. The lowest BCUT2D eigenvalue weighted by Crippen LogP contribution is -1.97. The molecule has 1 aliphatic rings. The Labute approximate surface area is 43.0 Å². The first-order chi connectivity index (χ1) is 3.39. The predicted molar refractivity (Wildman–Crippen MR) is 26.7 cm³/mol. The summed E-state index contributed by atoms with van der Waals surface area (Å²) in [6.07, 6.45) is 6.93. The van der Waals surface area contributed by atoms with E-state index in [1.165, 1.54) is 0 Å². The molecule has 0 aromatic carbocycles. The van der Waals surface area contributed by atoms with Crippen molar-refractivity contribution in [1.29, 1.82) is 0 Å². The van der Waals surface area contributed by atoms with Crippen LogP contribution in [0.15, 0.2) is 6.08 Å². The van der Waals surface area contributed by atoms with Gasteiger partial charge < -0.3 is 0 Å². The maximum atomic E-state index is 10.4. The number of hydrogen-bond donors (Lipinski definition) is 0. The molecule has 0 unspecified atom stereocenters. The monoisotopic (exact) mass is 95.0 g/mol. The number of rotatable bonds is 0. The Balaban J connectivity index is 2.47. The molecule has 0 aromatic heterocycles. The van der Waals surface area contributed by atoms with Gasteiger partial charge in [0.2, 0.25) is 0 Å². The Bertz CT molecular complexity index is 103. The topological polar surface area (TPSA) is 17.1 Å². The molecule has 0 bridgehead atoms. The lowest BCUT2D eigenvalue weighted by Gasteiger charge is -1.96. The van der Waals surface area contributed by atoms with E-state index in [1.54, 1.807) is 0 Å². The fourth-order valence-corrected chi connectivity index (χ4v) is 0.602. The second-order valence-corrected chi connectivity index (χ2v) is 1.65. The third-order valence-corrected chi connectivity index (χ3v) is 1.02. The van der Waals surface area contributed by atoms with Gasteiger partial charge >= 0.3 is 0 Å².